The molecule has 1 saturated carbocycles. The number of benzene rings is 1. The first-order valence-corrected chi connectivity index (χ1v) is 7.59. The highest BCUT2D eigenvalue weighted by atomic mass is 16.6. The maximum Gasteiger partial charge on any atom is 0.312 e. The summed E-state index contributed by atoms with van der Waals surface area (Å²) >= 11 is 0. The number of nitrogens with zero attached hydrogens (tertiary/aromatic N) is 3. The van der Waals surface area contributed by atoms with E-state index in [1.165, 1.54) is 0 Å². The van der Waals surface area contributed by atoms with Crippen LogP contribution in [-0.2, 0) is 0 Å². The molecule has 21 heavy (non-hydrogen) atoms. The van der Waals surface area contributed by atoms with Crippen molar-refractivity contribution < 1.29 is 9.66 Å². The van der Waals surface area contributed by atoms with Crippen LogP contribution in [0.25, 0.3) is 0 Å². The maximum absolute atomic E-state index is 11.3. The van der Waals surface area contributed by atoms with Gasteiger partial charge >= 0.3 is 5.69 Å². The van der Waals surface area contributed by atoms with Crippen LogP contribution in [0.1, 0.15) is 19.8 Å². The summed E-state index contributed by atoms with van der Waals surface area (Å²) in [5.74, 6) is 0.401. The molecule has 3 rings (SSSR count). The fourth-order valence-electron chi connectivity index (χ4n) is 2.63. The van der Waals surface area contributed by atoms with Gasteiger partial charge in [0.2, 0.25) is 0 Å². The topological polar surface area (TPSA) is 58.8 Å². The van der Waals surface area contributed by atoms with E-state index in [1.807, 2.05) is 6.07 Å². The summed E-state index contributed by atoms with van der Waals surface area (Å²) in [5.41, 5.74) is 0.998. The van der Waals surface area contributed by atoms with Gasteiger partial charge in [0.15, 0.2) is 5.75 Å². The van der Waals surface area contributed by atoms with Crippen molar-refractivity contribution in [2.45, 2.75) is 25.9 Å². The largest absolute Gasteiger partial charge is 0.483 e. The Morgan fingerprint density at radius 3 is 2.57 bits per heavy atom. The standard InChI is InChI=1S/C15H21N3O3/c1-2-16-7-9-17(10-8-16)12-3-6-15(21-13-4-5-13)14(11-12)18(19)20/h3,6,11,13H,2,4-5,7-10H2,1H3. The number of nitro groups is 1. The molecule has 2 fully saturated rings. The average molecular weight is 291 g/mol. The van der Waals surface area contributed by atoms with E-state index in [2.05, 4.69) is 16.7 Å². The van der Waals surface area contributed by atoms with Gasteiger partial charge in [-0.3, -0.25) is 10.1 Å². The quantitative estimate of drug-likeness (QED) is 0.615. The number of piperazine rings is 1. The van der Waals surface area contributed by atoms with Crippen LogP contribution in [0.4, 0.5) is 11.4 Å². The second-order valence-electron chi connectivity index (χ2n) is 5.65. The van der Waals surface area contributed by atoms with Crippen LogP contribution in [-0.4, -0.2) is 48.7 Å². The van der Waals surface area contributed by atoms with E-state index in [0.29, 0.717) is 5.75 Å². The van der Waals surface area contributed by atoms with E-state index in [9.17, 15) is 10.1 Å². The van der Waals surface area contributed by atoms with Crippen LogP contribution in [0.2, 0.25) is 0 Å². The van der Waals surface area contributed by atoms with Gasteiger partial charge in [-0.05, 0) is 31.5 Å². The van der Waals surface area contributed by atoms with E-state index in [-0.39, 0.29) is 16.7 Å². The van der Waals surface area contributed by atoms with Gasteiger partial charge in [0, 0.05) is 37.9 Å². The normalized spacial score (nSPS) is 19.6. The summed E-state index contributed by atoms with van der Waals surface area (Å²) in [6.07, 6.45) is 2.16. The van der Waals surface area contributed by atoms with E-state index >= 15 is 0 Å². The Morgan fingerprint density at radius 1 is 1.29 bits per heavy atom. The van der Waals surface area contributed by atoms with Crippen molar-refractivity contribution in [2.24, 2.45) is 0 Å². The molecule has 1 heterocycles. The van der Waals surface area contributed by atoms with Crippen LogP contribution >= 0.6 is 0 Å². The van der Waals surface area contributed by atoms with Gasteiger partial charge in [-0.1, -0.05) is 6.92 Å². The molecule has 1 saturated heterocycles. The number of nitro benzene ring substituents is 1. The molecule has 1 aromatic rings. The lowest BCUT2D eigenvalue weighted by Crippen LogP contribution is -2.46. The zero-order valence-corrected chi connectivity index (χ0v) is 12.3. The lowest BCUT2D eigenvalue weighted by molar-refractivity contribution is -0.385. The van der Waals surface area contributed by atoms with Gasteiger partial charge in [0.05, 0.1) is 11.0 Å². The Bertz CT molecular complexity index is 523. The molecule has 0 unspecified atom stereocenters. The summed E-state index contributed by atoms with van der Waals surface area (Å²) in [6.45, 7) is 7.05. The first-order valence-electron chi connectivity index (χ1n) is 7.59. The summed E-state index contributed by atoms with van der Waals surface area (Å²) in [6, 6.07) is 5.34. The van der Waals surface area contributed by atoms with Crippen molar-refractivity contribution in [3.63, 3.8) is 0 Å². The number of ether oxygens (including phenoxy) is 1. The molecular formula is C15H21N3O3. The first kappa shape index (κ1) is 14.1. The van der Waals surface area contributed by atoms with Crippen LogP contribution in [0, 0.1) is 10.1 Å². The predicted octanol–water partition coefficient (Wildman–Crippen LogP) is 2.28. The van der Waals surface area contributed by atoms with Crippen molar-refractivity contribution in [1.82, 2.24) is 4.90 Å². The van der Waals surface area contributed by atoms with E-state index < -0.39 is 0 Å². The Morgan fingerprint density at radius 2 is 2.00 bits per heavy atom. The third-order valence-corrected chi connectivity index (χ3v) is 4.14. The van der Waals surface area contributed by atoms with Gasteiger partial charge in [-0.25, -0.2) is 0 Å². The van der Waals surface area contributed by atoms with Gasteiger partial charge in [0.25, 0.3) is 0 Å². The van der Waals surface area contributed by atoms with E-state index in [1.54, 1.807) is 12.1 Å². The third kappa shape index (κ3) is 3.26. The lowest BCUT2D eigenvalue weighted by atomic mass is 10.2. The summed E-state index contributed by atoms with van der Waals surface area (Å²) in [4.78, 5) is 15.5. The average Bonchev–Trinajstić information content (AvgIpc) is 3.31. The smallest absolute Gasteiger partial charge is 0.312 e. The highest BCUT2D eigenvalue weighted by molar-refractivity contribution is 5.60. The maximum atomic E-state index is 11.3. The molecule has 0 N–H and O–H groups in total. The molecule has 2 aliphatic rings. The van der Waals surface area contributed by atoms with Gasteiger partial charge in [-0.2, -0.15) is 0 Å². The molecule has 114 valence electrons. The molecule has 0 aromatic heterocycles. The van der Waals surface area contributed by atoms with Crippen LogP contribution in [0.5, 0.6) is 5.75 Å². The zero-order valence-electron chi connectivity index (χ0n) is 12.3. The van der Waals surface area contributed by atoms with E-state index in [0.717, 1.165) is 51.3 Å². The fourth-order valence-corrected chi connectivity index (χ4v) is 2.63. The van der Waals surface area contributed by atoms with Crippen molar-refractivity contribution in [3.8, 4) is 5.75 Å². The number of anilines is 1. The summed E-state index contributed by atoms with van der Waals surface area (Å²) < 4.78 is 5.63. The minimum absolute atomic E-state index is 0.0809. The SMILES string of the molecule is CCN1CCN(c2ccc(OC3CC3)c([N+](=O)[O-])c2)CC1. The Labute approximate surface area is 124 Å². The lowest BCUT2D eigenvalue weighted by Gasteiger charge is -2.35. The number of rotatable bonds is 5. The van der Waals surface area contributed by atoms with Gasteiger partial charge < -0.3 is 14.5 Å². The Balaban J connectivity index is 1.76. The summed E-state index contributed by atoms with van der Waals surface area (Å²) in [7, 11) is 0. The van der Waals surface area contributed by atoms with Gasteiger partial charge in [0.1, 0.15) is 0 Å². The Kier molecular flexibility index (Phi) is 3.96. The molecule has 6 nitrogen and oxygen atoms in total. The summed E-state index contributed by atoms with van der Waals surface area (Å²) in [5, 5.41) is 11.3. The van der Waals surface area contributed by atoms with Crippen LogP contribution < -0.4 is 9.64 Å². The Hall–Kier alpha value is -1.82. The zero-order chi connectivity index (χ0) is 14.8. The minimum Gasteiger partial charge on any atom is -0.483 e. The molecule has 1 aromatic carbocycles. The second-order valence-corrected chi connectivity index (χ2v) is 5.65. The van der Waals surface area contributed by atoms with Gasteiger partial charge in [-0.15, -0.1) is 0 Å². The number of likely N-dealkylation sites (N-methyl/N-ethyl adjacent to an activating group) is 1. The van der Waals surface area contributed by atoms with Crippen LogP contribution in [0.15, 0.2) is 18.2 Å². The monoisotopic (exact) mass is 291 g/mol. The number of hydrogen-bond donors (Lipinski definition) is 0. The molecule has 6 heteroatoms. The molecule has 1 aliphatic heterocycles. The van der Waals surface area contributed by atoms with Crippen molar-refractivity contribution in [2.75, 3.05) is 37.6 Å². The molecule has 0 radical (unpaired) electrons. The molecule has 0 bridgehead atoms. The molecular weight excluding hydrogens is 270 g/mol. The molecule has 0 spiro atoms. The first-order chi connectivity index (χ1) is 10.2. The molecule has 1 aliphatic carbocycles. The highest BCUT2D eigenvalue weighted by Gasteiger charge is 2.28. The second kappa shape index (κ2) is 5.89. The van der Waals surface area contributed by atoms with Crippen LogP contribution in [0.3, 0.4) is 0 Å². The predicted molar refractivity (Wildman–Crippen MR) is 81.1 cm³/mol. The molecule has 0 atom stereocenters. The fraction of sp³-hybridized carbons (Fsp3) is 0.600. The van der Waals surface area contributed by atoms with Crippen molar-refractivity contribution >= 4 is 11.4 Å². The number of hydrogen-bond acceptors (Lipinski definition) is 5. The highest BCUT2D eigenvalue weighted by Crippen LogP contribution is 2.36. The minimum atomic E-state index is -0.344. The van der Waals surface area contributed by atoms with Crippen molar-refractivity contribution in [3.05, 3.63) is 28.3 Å². The third-order valence-electron chi connectivity index (χ3n) is 4.14. The molecule has 0 amide bonds. The van der Waals surface area contributed by atoms with Crippen molar-refractivity contribution in [1.29, 1.82) is 0 Å². The van der Waals surface area contributed by atoms with E-state index in [4.69, 9.17) is 4.74 Å².